The summed E-state index contributed by atoms with van der Waals surface area (Å²) >= 11 is 0. The second kappa shape index (κ2) is 10.2. The van der Waals surface area contributed by atoms with Gasteiger partial charge in [0.15, 0.2) is 11.6 Å². The van der Waals surface area contributed by atoms with Crippen LogP contribution >= 0.6 is 0 Å². The first-order valence-electron chi connectivity index (χ1n) is 11.4. The van der Waals surface area contributed by atoms with Crippen molar-refractivity contribution in [2.24, 2.45) is 11.8 Å². The number of anilines is 1. The van der Waals surface area contributed by atoms with Crippen molar-refractivity contribution in [2.75, 3.05) is 25.1 Å². The van der Waals surface area contributed by atoms with E-state index in [9.17, 15) is 9.18 Å². The number of ether oxygens (including phenoxy) is 1. The van der Waals surface area contributed by atoms with Crippen LogP contribution in [0.4, 0.5) is 10.2 Å². The number of aromatic nitrogens is 1. The van der Waals surface area contributed by atoms with Crippen LogP contribution in [0.5, 0.6) is 5.75 Å². The van der Waals surface area contributed by atoms with Crippen molar-refractivity contribution >= 4 is 18.2 Å². The van der Waals surface area contributed by atoms with Gasteiger partial charge < -0.3 is 19.6 Å². The molecule has 176 valence electrons. The summed E-state index contributed by atoms with van der Waals surface area (Å²) < 4.78 is 19.9. The Balaban J connectivity index is 0.000000821. The minimum Gasteiger partial charge on any atom is -0.497 e. The number of benzene rings is 1. The standard InChI is InChI=1S/C24H28FN3O2.CH2O2/c1-30-19-6-2-5-16(11-19)12-22-18-13-17(21-8-3-9-23(29)28(21)22)14-27(15-18)24-20(25)7-4-10-26-24;2-1-3/h2,4-7,10-11,17-18,21-22H,3,8-9,12-15H2,1H3;1H,(H,2,3)/t17-,18+,21+,22+;/m1./s1. The number of methoxy groups -OCH3 is 1. The quantitative estimate of drug-likeness (QED) is 0.712. The molecule has 1 N–H and O–H groups in total. The number of halogens is 1. The van der Waals surface area contributed by atoms with E-state index in [4.69, 9.17) is 14.6 Å². The molecule has 0 saturated carbocycles. The van der Waals surface area contributed by atoms with Crippen LogP contribution in [0.1, 0.15) is 31.2 Å². The largest absolute Gasteiger partial charge is 0.497 e. The monoisotopic (exact) mass is 455 g/mol. The van der Waals surface area contributed by atoms with E-state index >= 15 is 0 Å². The molecular weight excluding hydrogens is 425 g/mol. The Morgan fingerprint density at radius 1 is 1.24 bits per heavy atom. The molecule has 0 unspecified atom stereocenters. The van der Waals surface area contributed by atoms with Gasteiger partial charge in [-0.3, -0.25) is 9.59 Å². The lowest BCUT2D eigenvalue weighted by Gasteiger charge is -2.57. The smallest absolute Gasteiger partial charge is 0.290 e. The van der Waals surface area contributed by atoms with Gasteiger partial charge in [0.2, 0.25) is 5.91 Å². The Morgan fingerprint density at radius 3 is 2.79 bits per heavy atom. The molecule has 5 rings (SSSR count). The van der Waals surface area contributed by atoms with Gasteiger partial charge in [-0.25, -0.2) is 9.37 Å². The fourth-order valence-corrected chi connectivity index (χ4v) is 5.86. The molecule has 3 aliphatic heterocycles. The van der Waals surface area contributed by atoms with Crippen LogP contribution < -0.4 is 9.64 Å². The third kappa shape index (κ3) is 4.79. The summed E-state index contributed by atoms with van der Waals surface area (Å²) in [6.45, 7) is 1.25. The molecule has 3 aliphatic rings. The van der Waals surface area contributed by atoms with E-state index in [1.54, 1.807) is 19.4 Å². The molecular formula is C25H30FN3O4. The van der Waals surface area contributed by atoms with Crippen molar-refractivity contribution in [3.8, 4) is 5.75 Å². The van der Waals surface area contributed by atoms with Gasteiger partial charge in [-0.1, -0.05) is 12.1 Å². The molecule has 33 heavy (non-hydrogen) atoms. The van der Waals surface area contributed by atoms with Gasteiger partial charge in [0.05, 0.1) is 7.11 Å². The Morgan fingerprint density at radius 2 is 2.03 bits per heavy atom. The van der Waals surface area contributed by atoms with E-state index in [1.807, 2.05) is 12.1 Å². The van der Waals surface area contributed by atoms with Crippen LogP contribution in [0.15, 0.2) is 42.6 Å². The Hall–Kier alpha value is -3.16. The second-order valence-electron chi connectivity index (χ2n) is 8.96. The SMILES string of the molecule is COc1cccc(C[C@H]2[C@H]3C[C@H](CN(c4ncccc4F)C3)[C@@H]3CCCC(=O)N32)c1.O=CO. The van der Waals surface area contributed by atoms with Gasteiger partial charge in [0.25, 0.3) is 6.47 Å². The highest BCUT2D eigenvalue weighted by atomic mass is 19.1. The summed E-state index contributed by atoms with van der Waals surface area (Å²) in [6, 6.07) is 11.6. The fourth-order valence-electron chi connectivity index (χ4n) is 5.86. The highest BCUT2D eigenvalue weighted by Crippen LogP contribution is 2.43. The molecule has 0 aliphatic carbocycles. The first kappa shape index (κ1) is 23.0. The number of hydrogen-bond donors (Lipinski definition) is 1. The Kier molecular flexibility index (Phi) is 7.11. The summed E-state index contributed by atoms with van der Waals surface area (Å²) in [5, 5.41) is 6.89. The van der Waals surface area contributed by atoms with Crippen molar-refractivity contribution in [2.45, 2.75) is 44.2 Å². The average molecular weight is 456 g/mol. The average Bonchev–Trinajstić information content (AvgIpc) is 2.83. The van der Waals surface area contributed by atoms with Crippen molar-refractivity contribution in [3.05, 3.63) is 54.0 Å². The van der Waals surface area contributed by atoms with E-state index in [-0.39, 0.29) is 30.3 Å². The van der Waals surface area contributed by atoms with Crippen LogP contribution in [0.2, 0.25) is 0 Å². The lowest BCUT2D eigenvalue weighted by molar-refractivity contribution is -0.148. The number of rotatable bonds is 4. The normalized spacial score (nSPS) is 26.1. The van der Waals surface area contributed by atoms with E-state index in [1.165, 1.54) is 11.6 Å². The first-order chi connectivity index (χ1) is 16.0. The van der Waals surface area contributed by atoms with Crippen LogP contribution in [0.3, 0.4) is 0 Å². The number of fused-ring (bicyclic) bond motifs is 4. The third-order valence-electron chi connectivity index (χ3n) is 7.11. The Bertz CT molecular complexity index is 988. The highest BCUT2D eigenvalue weighted by Gasteiger charge is 2.49. The zero-order valence-electron chi connectivity index (χ0n) is 18.8. The predicted octanol–water partition coefficient (Wildman–Crippen LogP) is 3.38. The zero-order valence-corrected chi connectivity index (χ0v) is 18.8. The van der Waals surface area contributed by atoms with E-state index in [0.29, 0.717) is 24.1 Å². The molecule has 1 aromatic heterocycles. The van der Waals surface area contributed by atoms with Gasteiger partial charge in [-0.05, 0) is 67.3 Å². The van der Waals surface area contributed by atoms with Crippen molar-refractivity contribution < 1.29 is 23.8 Å². The third-order valence-corrected chi connectivity index (χ3v) is 7.11. The van der Waals surface area contributed by atoms with Gasteiger partial charge in [-0.15, -0.1) is 0 Å². The van der Waals surface area contributed by atoms with Gasteiger partial charge in [0.1, 0.15) is 5.75 Å². The van der Waals surface area contributed by atoms with Crippen LogP contribution in [0, 0.1) is 17.7 Å². The number of carbonyl (C=O) groups is 2. The first-order valence-corrected chi connectivity index (χ1v) is 11.4. The molecule has 8 heteroatoms. The van der Waals surface area contributed by atoms with Crippen LogP contribution in [-0.2, 0) is 16.0 Å². The number of amides is 1. The van der Waals surface area contributed by atoms with E-state index < -0.39 is 0 Å². The molecule has 3 saturated heterocycles. The molecule has 4 atom stereocenters. The number of nitrogens with zero attached hydrogens (tertiary/aromatic N) is 3. The lowest BCUT2D eigenvalue weighted by atomic mass is 9.70. The molecule has 2 bridgehead atoms. The van der Waals surface area contributed by atoms with E-state index in [2.05, 4.69) is 26.9 Å². The fraction of sp³-hybridized carbons (Fsp3) is 0.480. The van der Waals surface area contributed by atoms with Crippen LogP contribution in [0.25, 0.3) is 0 Å². The highest BCUT2D eigenvalue weighted by molar-refractivity contribution is 5.78. The summed E-state index contributed by atoms with van der Waals surface area (Å²) in [6.07, 6.45) is 6.18. The van der Waals surface area contributed by atoms with Crippen molar-refractivity contribution in [3.63, 3.8) is 0 Å². The van der Waals surface area contributed by atoms with E-state index in [0.717, 1.165) is 44.5 Å². The number of carbonyl (C=O) groups excluding carboxylic acids is 1. The Labute approximate surface area is 193 Å². The van der Waals surface area contributed by atoms with Gasteiger partial charge in [0, 0.05) is 37.8 Å². The van der Waals surface area contributed by atoms with Gasteiger partial charge in [-0.2, -0.15) is 0 Å². The molecule has 0 radical (unpaired) electrons. The minimum atomic E-state index is -0.265. The summed E-state index contributed by atoms with van der Waals surface area (Å²) in [5.41, 5.74) is 1.18. The van der Waals surface area contributed by atoms with Gasteiger partial charge >= 0.3 is 0 Å². The number of hydrogen-bond acceptors (Lipinski definition) is 5. The zero-order chi connectivity index (χ0) is 23.4. The molecule has 1 aromatic carbocycles. The summed E-state index contributed by atoms with van der Waals surface area (Å²) in [4.78, 5) is 30.0. The number of pyridine rings is 1. The molecule has 1 amide bonds. The van der Waals surface area contributed by atoms with Crippen molar-refractivity contribution in [1.29, 1.82) is 0 Å². The topological polar surface area (TPSA) is 83.0 Å². The summed E-state index contributed by atoms with van der Waals surface area (Å²) in [7, 11) is 1.68. The molecule has 4 heterocycles. The maximum atomic E-state index is 14.5. The molecule has 2 aromatic rings. The maximum Gasteiger partial charge on any atom is 0.290 e. The van der Waals surface area contributed by atoms with Crippen molar-refractivity contribution in [1.82, 2.24) is 9.88 Å². The molecule has 7 nitrogen and oxygen atoms in total. The van der Waals surface area contributed by atoms with Crippen LogP contribution in [-0.4, -0.2) is 59.7 Å². The number of carboxylic acid groups (broad SMARTS) is 1. The predicted molar refractivity (Wildman–Crippen MR) is 122 cm³/mol. The maximum absolute atomic E-state index is 14.5. The summed E-state index contributed by atoms with van der Waals surface area (Å²) in [5.74, 6) is 1.97. The molecule has 3 fully saturated rings. The minimum absolute atomic E-state index is 0.126. The molecule has 0 spiro atoms. The lowest BCUT2D eigenvalue weighted by Crippen LogP contribution is -2.65. The second-order valence-corrected chi connectivity index (χ2v) is 8.96. The number of piperidine rings is 3.